The van der Waals surface area contributed by atoms with Crippen LogP contribution in [0.1, 0.15) is 18.1 Å². The van der Waals surface area contributed by atoms with E-state index in [1.165, 1.54) is 6.08 Å². The second-order valence-corrected chi connectivity index (χ2v) is 4.55. The van der Waals surface area contributed by atoms with Crippen LogP contribution in [0.2, 0.25) is 0 Å². The Bertz CT molecular complexity index is 606. The number of esters is 1. The summed E-state index contributed by atoms with van der Waals surface area (Å²) in [5.74, 6) is -0.315. The molecule has 0 radical (unpaired) electrons. The largest absolute Gasteiger partial charge is 0.463 e. The van der Waals surface area contributed by atoms with Gasteiger partial charge in [-0.1, -0.05) is 36.4 Å². The van der Waals surface area contributed by atoms with Crippen LogP contribution in [-0.2, 0) is 16.1 Å². The molecule has 0 aliphatic carbocycles. The molecule has 0 aromatic heterocycles. The molecule has 0 fully saturated rings. The topological polar surface area (TPSA) is 38.3 Å². The van der Waals surface area contributed by atoms with Crippen LogP contribution in [0.3, 0.4) is 0 Å². The lowest BCUT2D eigenvalue weighted by Gasteiger charge is -2.07. The van der Waals surface area contributed by atoms with Crippen LogP contribution in [-0.4, -0.2) is 12.6 Å². The first-order valence-corrected chi connectivity index (χ1v) is 7.00. The fourth-order valence-corrected chi connectivity index (χ4v) is 1.92. The average molecular weight is 281 g/mol. The molecule has 0 unspecified atom stereocenters. The lowest BCUT2D eigenvalue weighted by Crippen LogP contribution is -2.00. The normalized spacial score (nSPS) is 10.5. The van der Waals surface area contributed by atoms with E-state index in [0.717, 1.165) is 23.4 Å². The predicted octanol–water partition coefficient (Wildman–Crippen LogP) is 3.88. The van der Waals surface area contributed by atoms with Gasteiger partial charge in [-0.15, -0.1) is 0 Å². The maximum absolute atomic E-state index is 11.3. The summed E-state index contributed by atoms with van der Waals surface area (Å²) in [5.41, 5.74) is 3.23. The van der Waals surface area contributed by atoms with Crippen molar-refractivity contribution in [2.24, 2.45) is 0 Å². The van der Waals surface area contributed by atoms with Crippen LogP contribution in [0.4, 0.5) is 5.69 Å². The molecule has 0 heterocycles. The Balaban J connectivity index is 1.96. The maximum Gasteiger partial charge on any atom is 0.330 e. The fraction of sp³-hybridized carbons (Fsp3) is 0.167. The van der Waals surface area contributed by atoms with Gasteiger partial charge in [0.2, 0.25) is 0 Å². The fourth-order valence-electron chi connectivity index (χ4n) is 1.92. The van der Waals surface area contributed by atoms with Crippen molar-refractivity contribution in [2.75, 3.05) is 11.9 Å². The maximum atomic E-state index is 11.3. The minimum atomic E-state index is -0.315. The van der Waals surface area contributed by atoms with E-state index in [4.69, 9.17) is 4.74 Å². The van der Waals surface area contributed by atoms with Crippen LogP contribution in [0, 0.1) is 0 Å². The third-order valence-corrected chi connectivity index (χ3v) is 2.92. The molecular weight excluding hydrogens is 262 g/mol. The number of carbonyl (C=O) groups is 1. The minimum Gasteiger partial charge on any atom is -0.463 e. The smallest absolute Gasteiger partial charge is 0.330 e. The van der Waals surface area contributed by atoms with Crippen molar-refractivity contribution in [3.05, 3.63) is 71.8 Å². The van der Waals surface area contributed by atoms with E-state index in [0.29, 0.717) is 6.61 Å². The van der Waals surface area contributed by atoms with E-state index in [9.17, 15) is 4.79 Å². The van der Waals surface area contributed by atoms with Gasteiger partial charge in [0.05, 0.1) is 6.61 Å². The molecule has 0 saturated carbocycles. The molecule has 3 heteroatoms. The second kappa shape index (κ2) is 7.90. The molecule has 0 atom stereocenters. The Morgan fingerprint density at radius 1 is 1.14 bits per heavy atom. The first-order valence-electron chi connectivity index (χ1n) is 7.00. The molecule has 2 aromatic rings. The van der Waals surface area contributed by atoms with Crippen molar-refractivity contribution >= 4 is 17.7 Å². The molecule has 0 spiro atoms. The summed E-state index contributed by atoms with van der Waals surface area (Å²) >= 11 is 0. The van der Waals surface area contributed by atoms with Crippen molar-refractivity contribution in [3.8, 4) is 0 Å². The van der Waals surface area contributed by atoms with Gasteiger partial charge >= 0.3 is 5.97 Å². The van der Waals surface area contributed by atoms with E-state index in [-0.39, 0.29) is 5.97 Å². The standard InChI is InChI=1S/C18H19NO2/c1-2-21-18(20)12-11-15-7-6-8-16(13-15)14-19-17-9-4-3-5-10-17/h3-13,19H,2,14H2,1H3/b12-11+. The summed E-state index contributed by atoms with van der Waals surface area (Å²) in [6.07, 6.45) is 3.22. The van der Waals surface area contributed by atoms with Crippen LogP contribution in [0.5, 0.6) is 0 Å². The Morgan fingerprint density at radius 2 is 1.95 bits per heavy atom. The Labute approximate surface area is 125 Å². The highest BCUT2D eigenvalue weighted by atomic mass is 16.5. The summed E-state index contributed by atoms with van der Waals surface area (Å²) in [7, 11) is 0. The molecule has 21 heavy (non-hydrogen) atoms. The zero-order chi connectivity index (χ0) is 14.9. The highest BCUT2D eigenvalue weighted by Crippen LogP contribution is 2.11. The van der Waals surface area contributed by atoms with Crippen molar-refractivity contribution < 1.29 is 9.53 Å². The number of nitrogens with one attached hydrogen (secondary N) is 1. The van der Waals surface area contributed by atoms with E-state index in [2.05, 4.69) is 11.4 Å². The van der Waals surface area contributed by atoms with Gasteiger partial charge in [0.15, 0.2) is 0 Å². The lowest BCUT2D eigenvalue weighted by atomic mass is 10.1. The molecule has 108 valence electrons. The van der Waals surface area contributed by atoms with Gasteiger partial charge in [-0.2, -0.15) is 0 Å². The van der Waals surface area contributed by atoms with Crippen LogP contribution in [0.25, 0.3) is 6.08 Å². The number of rotatable bonds is 6. The number of benzene rings is 2. The molecule has 2 rings (SSSR count). The van der Waals surface area contributed by atoms with Crippen molar-refractivity contribution in [1.29, 1.82) is 0 Å². The van der Waals surface area contributed by atoms with Crippen molar-refractivity contribution in [1.82, 2.24) is 0 Å². The summed E-state index contributed by atoms with van der Waals surface area (Å²) in [5, 5.41) is 3.36. The van der Waals surface area contributed by atoms with Gasteiger partial charge in [0.25, 0.3) is 0 Å². The van der Waals surface area contributed by atoms with E-state index in [1.807, 2.05) is 48.5 Å². The summed E-state index contributed by atoms with van der Waals surface area (Å²) in [6.45, 7) is 2.93. The number of carbonyl (C=O) groups excluding carboxylic acids is 1. The Morgan fingerprint density at radius 3 is 2.71 bits per heavy atom. The van der Waals surface area contributed by atoms with E-state index < -0.39 is 0 Å². The number of ether oxygens (including phenoxy) is 1. The summed E-state index contributed by atoms with van der Waals surface area (Å²) in [6, 6.07) is 18.1. The third-order valence-electron chi connectivity index (χ3n) is 2.92. The van der Waals surface area contributed by atoms with Gasteiger partial charge in [-0.05, 0) is 42.3 Å². The number of hydrogen-bond donors (Lipinski definition) is 1. The van der Waals surface area contributed by atoms with Gasteiger partial charge in [-0.25, -0.2) is 4.79 Å². The van der Waals surface area contributed by atoms with Crippen LogP contribution >= 0.6 is 0 Å². The zero-order valence-electron chi connectivity index (χ0n) is 12.1. The molecule has 0 amide bonds. The first kappa shape index (κ1) is 14.9. The molecule has 1 N–H and O–H groups in total. The second-order valence-electron chi connectivity index (χ2n) is 4.55. The number of anilines is 1. The van der Waals surface area contributed by atoms with Crippen molar-refractivity contribution in [2.45, 2.75) is 13.5 Å². The quantitative estimate of drug-likeness (QED) is 0.645. The molecule has 3 nitrogen and oxygen atoms in total. The Kier molecular flexibility index (Phi) is 5.59. The Hall–Kier alpha value is -2.55. The van der Waals surface area contributed by atoms with Crippen LogP contribution in [0.15, 0.2) is 60.7 Å². The first-order chi connectivity index (χ1) is 10.3. The number of para-hydroxylation sites is 1. The molecular formula is C18H19NO2. The highest BCUT2D eigenvalue weighted by Gasteiger charge is 1.97. The highest BCUT2D eigenvalue weighted by molar-refractivity contribution is 5.87. The van der Waals surface area contributed by atoms with Gasteiger partial charge < -0.3 is 10.1 Å². The molecule has 0 aliphatic rings. The average Bonchev–Trinajstić information content (AvgIpc) is 2.53. The minimum absolute atomic E-state index is 0.315. The number of hydrogen-bond acceptors (Lipinski definition) is 3. The zero-order valence-corrected chi connectivity index (χ0v) is 12.1. The van der Waals surface area contributed by atoms with Gasteiger partial charge in [0.1, 0.15) is 0 Å². The van der Waals surface area contributed by atoms with Crippen LogP contribution < -0.4 is 5.32 Å². The third kappa shape index (κ3) is 5.15. The molecule has 2 aromatic carbocycles. The lowest BCUT2D eigenvalue weighted by molar-refractivity contribution is -0.137. The SMILES string of the molecule is CCOC(=O)/C=C/c1cccc(CNc2ccccc2)c1. The van der Waals surface area contributed by atoms with E-state index in [1.54, 1.807) is 13.0 Å². The van der Waals surface area contributed by atoms with Gasteiger partial charge in [-0.3, -0.25) is 0 Å². The van der Waals surface area contributed by atoms with E-state index >= 15 is 0 Å². The molecule has 0 aliphatic heterocycles. The summed E-state index contributed by atoms with van der Waals surface area (Å²) in [4.78, 5) is 11.3. The summed E-state index contributed by atoms with van der Waals surface area (Å²) < 4.78 is 4.86. The predicted molar refractivity (Wildman–Crippen MR) is 85.9 cm³/mol. The van der Waals surface area contributed by atoms with Crippen molar-refractivity contribution in [3.63, 3.8) is 0 Å². The molecule has 0 saturated heterocycles. The molecule has 0 bridgehead atoms. The monoisotopic (exact) mass is 281 g/mol. The van der Waals surface area contributed by atoms with Gasteiger partial charge in [0, 0.05) is 18.3 Å².